The van der Waals surface area contributed by atoms with Crippen LogP contribution in [-0.4, -0.2) is 5.97 Å². The zero-order valence-electron chi connectivity index (χ0n) is 6.30. The summed E-state index contributed by atoms with van der Waals surface area (Å²) in [5.41, 5.74) is 0. The lowest BCUT2D eigenvalue weighted by Gasteiger charge is -2.03. The first kappa shape index (κ1) is 9.55. The van der Waals surface area contributed by atoms with Crippen LogP contribution in [0.2, 0.25) is 5.02 Å². The molecule has 12 heavy (non-hydrogen) atoms. The number of carbonyl (C=O) groups is 1. The molecule has 2 nitrogen and oxygen atoms in total. The molecule has 0 saturated heterocycles. The topological polar surface area (TPSA) is 26.3 Å². The van der Waals surface area contributed by atoms with Crippen LogP contribution in [-0.2, 0) is 4.79 Å². The van der Waals surface area contributed by atoms with Crippen molar-refractivity contribution in [1.29, 1.82) is 0 Å². The van der Waals surface area contributed by atoms with Gasteiger partial charge in [0.15, 0.2) is 5.75 Å². The lowest BCUT2D eigenvalue weighted by atomic mass is 10.3. The second-order valence-electron chi connectivity index (χ2n) is 2.17. The average Bonchev–Trinajstić information content (AvgIpc) is 1.96. The third kappa shape index (κ3) is 2.50. The highest BCUT2D eigenvalue weighted by molar-refractivity contribution is 9.10. The van der Waals surface area contributed by atoms with Gasteiger partial charge in [0.1, 0.15) is 0 Å². The van der Waals surface area contributed by atoms with Crippen molar-refractivity contribution in [3.63, 3.8) is 0 Å². The smallest absolute Gasteiger partial charge is 0.308 e. The van der Waals surface area contributed by atoms with Crippen molar-refractivity contribution in [2.45, 2.75) is 6.92 Å². The Kier molecular flexibility index (Phi) is 3.12. The van der Waals surface area contributed by atoms with Gasteiger partial charge in [-0.25, -0.2) is 0 Å². The molecule has 0 radical (unpaired) electrons. The first-order valence-electron chi connectivity index (χ1n) is 3.23. The number of hydrogen-bond donors (Lipinski definition) is 0. The van der Waals surface area contributed by atoms with E-state index in [0.717, 1.165) is 4.47 Å². The minimum atomic E-state index is -0.380. The predicted octanol–water partition coefficient (Wildman–Crippen LogP) is 3.03. The molecule has 1 rings (SSSR count). The van der Waals surface area contributed by atoms with Crippen LogP contribution in [0, 0.1) is 0 Å². The van der Waals surface area contributed by atoms with Gasteiger partial charge in [0.05, 0.1) is 5.02 Å². The second-order valence-corrected chi connectivity index (χ2v) is 3.49. The minimum Gasteiger partial charge on any atom is -0.425 e. The van der Waals surface area contributed by atoms with Gasteiger partial charge in [-0.2, -0.15) is 0 Å². The van der Waals surface area contributed by atoms with Crippen LogP contribution >= 0.6 is 27.5 Å². The summed E-state index contributed by atoms with van der Waals surface area (Å²) in [6.45, 7) is 1.33. The number of esters is 1. The maximum absolute atomic E-state index is 10.6. The van der Waals surface area contributed by atoms with E-state index in [1.807, 2.05) is 0 Å². The highest BCUT2D eigenvalue weighted by atomic mass is 79.9. The molecule has 0 aliphatic heterocycles. The molecule has 0 atom stereocenters. The Morgan fingerprint density at radius 1 is 1.58 bits per heavy atom. The molecule has 1 aromatic rings. The van der Waals surface area contributed by atoms with Crippen molar-refractivity contribution in [2.75, 3.05) is 0 Å². The van der Waals surface area contributed by atoms with Gasteiger partial charge in [-0.3, -0.25) is 4.79 Å². The Hall–Kier alpha value is -0.540. The number of carbonyl (C=O) groups excluding carboxylic acids is 1. The predicted molar refractivity (Wildman–Crippen MR) is 50.5 cm³/mol. The number of hydrogen-bond acceptors (Lipinski definition) is 2. The molecule has 0 aliphatic carbocycles. The molecule has 0 aliphatic rings. The Morgan fingerprint density at radius 3 is 2.83 bits per heavy atom. The van der Waals surface area contributed by atoms with Crippen LogP contribution in [0.25, 0.3) is 0 Å². The van der Waals surface area contributed by atoms with Gasteiger partial charge < -0.3 is 4.74 Å². The largest absolute Gasteiger partial charge is 0.425 e. The van der Waals surface area contributed by atoms with Gasteiger partial charge in [-0.1, -0.05) is 27.5 Å². The van der Waals surface area contributed by atoms with Crippen molar-refractivity contribution in [3.8, 4) is 5.75 Å². The molecule has 1 aromatic carbocycles. The van der Waals surface area contributed by atoms with Gasteiger partial charge in [0.2, 0.25) is 0 Å². The van der Waals surface area contributed by atoms with Crippen molar-refractivity contribution in [3.05, 3.63) is 27.7 Å². The van der Waals surface area contributed by atoms with Crippen LogP contribution in [0.1, 0.15) is 6.92 Å². The Balaban J connectivity index is 2.97. The number of rotatable bonds is 1. The molecule has 0 unspecified atom stereocenters. The normalized spacial score (nSPS) is 9.58. The number of halogens is 2. The minimum absolute atomic E-state index is 0.374. The van der Waals surface area contributed by atoms with Crippen LogP contribution in [0.5, 0.6) is 5.75 Å². The fourth-order valence-electron chi connectivity index (χ4n) is 0.710. The van der Waals surface area contributed by atoms with Gasteiger partial charge >= 0.3 is 5.97 Å². The van der Waals surface area contributed by atoms with E-state index in [9.17, 15) is 4.79 Å². The van der Waals surface area contributed by atoms with E-state index >= 15 is 0 Å². The zero-order valence-corrected chi connectivity index (χ0v) is 8.65. The van der Waals surface area contributed by atoms with Crippen LogP contribution in [0.3, 0.4) is 0 Å². The van der Waals surface area contributed by atoms with Gasteiger partial charge in [0.25, 0.3) is 0 Å². The number of benzene rings is 1. The van der Waals surface area contributed by atoms with Crippen molar-refractivity contribution < 1.29 is 9.53 Å². The first-order chi connectivity index (χ1) is 5.59. The Morgan fingerprint density at radius 2 is 2.25 bits per heavy atom. The van der Waals surface area contributed by atoms with Gasteiger partial charge in [-0.05, 0) is 18.2 Å². The van der Waals surface area contributed by atoms with E-state index in [4.69, 9.17) is 16.3 Å². The van der Waals surface area contributed by atoms with E-state index < -0.39 is 0 Å². The summed E-state index contributed by atoms with van der Waals surface area (Å²) >= 11 is 8.98. The van der Waals surface area contributed by atoms with Crippen molar-refractivity contribution in [2.24, 2.45) is 0 Å². The summed E-state index contributed by atoms with van der Waals surface area (Å²) < 4.78 is 5.65. The summed E-state index contributed by atoms with van der Waals surface area (Å²) in [5.74, 6) is -0.00598. The van der Waals surface area contributed by atoms with E-state index in [0.29, 0.717) is 10.8 Å². The third-order valence-corrected chi connectivity index (χ3v) is 1.95. The molecule has 64 valence electrons. The van der Waals surface area contributed by atoms with E-state index in [1.54, 1.807) is 18.2 Å². The summed E-state index contributed by atoms with van der Waals surface area (Å²) in [6.07, 6.45) is 0. The maximum Gasteiger partial charge on any atom is 0.308 e. The Bertz CT molecular complexity index is 312. The van der Waals surface area contributed by atoms with Crippen LogP contribution < -0.4 is 4.74 Å². The fraction of sp³-hybridized carbons (Fsp3) is 0.125. The van der Waals surface area contributed by atoms with Crippen molar-refractivity contribution in [1.82, 2.24) is 0 Å². The molecule has 4 heteroatoms. The molecule has 0 saturated carbocycles. The van der Waals surface area contributed by atoms with E-state index in [1.165, 1.54) is 6.92 Å². The maximum atomic E-state index is 10.6. The summed E-state index contributed by atoms with van der Waals surface area (Å²) in [5, 5.41) is 0.424. The van der Waals surface area contributed by atoms with E-state index in [-0.39, 0.29) is 5.97 Å². The van der Waals surface area contributed by atoms with Crippen molar-refractivity contribution >= 4 is 33.5 Å². The molecule has 0 fully saturated rings. The van der Waals surface area contributed by atoms with Crippen LogP contribution in [0.4, 0.5) is 0 Å². The zero-order chi connectivity index (χ0) is 9.14. The Labute approximate surface area is 83.6 Å². The standard InChI is InChI=1S/C8H6BrClO2/c1-5(11)12-8-4-6(9)2-3-7(8)10/h2-4H,1H3. The molecule has 0 N–H and O–H groups in total. The molecular formula is C8H6BrClO2. The first-order valence-corrected chi connectivity index (χ1v) is 4.40. The molecule has 0 aromatic heterocycles. The SMILES string of the molecule is CC(=O)Oc1cc(Br)ccc1Cl. The molecule has 0 heterocycles. The fourth-order valence-corrected chi connectivity index (χ4v) is 1.21. The molecule has 0 spiro atoms. The molecule has 0 bridgehead atoms. The second kappa shape index (κ2) is 3.92. The van der Waals surface area contributed by atoms with Gasteiger partial charge in [0, 0.05) is 11.4 Å². The highest BCUT2D eigenvalue weighted by Gasteiger charge is 2.03. The third-order valence-electron chi connectivity index (χ3n) is 1.15. The summed E-state index contributed by atoms with van der Waals surface area (Å²) in [4.78, 5) is 10.6. The van der Waals surface area contributed by atoms with Crippen LogP contribution in [0.15, 0.2) is 22.7 Å². The lowest BCUT2D eigenvalue weighted by Crippen LogP contribution is -2.01. The molecular weight excluding hydrogens is 243 g/mol. The quantitative estimate of drug-likeness (QED) is 0.565. The van der Waals surface area contributed by atoms with E-state index in [2.05, 4.69) is 15.9 Å². The summed E-state index contributed by atoms with van der Waals surface area (Å²) in [7, 11) is 0. The summed E-state index contributed by atoms with van der Waals surface area (Å²) in [6, 6.07) is 5.07. The monoisotopic (exact) mass is 248 g/mol. The highest BCUT2D eigenvalue weighted by Crippen LogP contribution is 2.27. The van der Waals surface area contributed by atoms with Gasteiger partial charge in [-0.15, -0.1) is 0 Å². The number of ether oxygens (including phenoxy) is 1. The lowest BCUT2D eigenvalue weighted by molar-refractivity contribution is -0.131. The average molecular weight is 249 g/mol. The molecule has 0 amide bonds.